The van der Waals surface area contributed by atoms with Crippen LogP contribution in [0.5, 0.6) is 11.5 Å². The van der Waals surface area contributed by atoms with Gasteiger partial charge in [-0.2, -0.15) is 0 Å². The number of methoxy groups -OCH3 is 2. The molecule has 0 atom stereocenters. The van der Waals surface area contributed by atoms with Gasteiger partial charge in [-0.25, -0.2) is 0 Å². The Hall–Kier alpha value is -1.71. The Morgan fingerprint density at radius 3 is 2.30 bits per heavy atom. The van der Waals surface area contributed by atoms with Gasteiger partial charge in [0.2, 0.25) is 5.91 Å². The second kappa shape index (κ2) is 8.46. The standard InChI is InChI=1S/C16H25NO3/c1-12(2)10-11-17-16(18)9-8-13-14(19-3)6-5-7-15(13)20-4/h5-7,12H,8-11H2,1-4H3,(H,17,18). The minimum absolute atomic E-state index is 0.0682. The first-order chi connectivity index (χ1) is 9.58. The first kappa shape index (κ1) is 16.3. The van der Waals surface area contributed by atoms with Gasteiger partial charge < -0.3 is 14.8 Å². The van der Waals surface area contributed by atoms with Crippen molar-refractivity contribution in [3.8, 4) is 11.5 Å². The monoisotopic (exact) mass is 279 g/mol. The summed E-state index contributed by atoms with van der Waals surface area (Å²) in [5.41, 5.74) is 0.941. The molecule has 0 aliphatic carbocycles. The molecule has 0 fully saturated rings. The number of amides is 1. The zero-order chi connectivity index (χ0) is 15.0. The third kappa shape index (κ3) is 5.11. The fraction of sp³-hybridized carbons (Fsp3) is 0.562. The highest BCUT2D eigenvalue weighted by Gasteiger charge is 2.11. The van der Waals surface area contributed by atoms with E-state index in [-0.39, 0.29) is 5.91 Å². The Labute approximate surface area is 121 Å². The quantitative estimate of drug-likeness (QED) is 0.796. The summed E-state index contributed by atoms with van der Waals surface area (Å²) in [4.78, 5) is 11.8. The largest absolute Gasteiger partial charge is 0.496 e. The van der Waals surface area contributed by atoms with Gasteiger partial charge in [0.05, 0.1) is 14.2 Å². The van der Waals surface area contributed by atoms with Gasteiger partial charge in [0.15, 0.2) is 0 Å². The van der Waals surface area contributed by atoms with Crippen LogP contribution in [0.1, 0.15) is 32.3 Å². The van der Waals surface area contributed by atoms with Crippen molar-refractivity contribution in [3.05, 3.63) is 23.8 Å². The second-order valence-electron chi connectivity index (χ2n) is 5.17. The van der Waals surface area contributed by atoms with E-state index in [1.807, 2.05) is 18.2 Å². The predicted octanol–water partition coefficient (Wildman–Crippen LogP) is 2.80. The van der Waals surface area contributed by atoms with Gasteiger partial charge in [0.25, 0.3) is 0 Å². The Bertz CT molecular complexity index is 407. The smallest absolute Gasteiger partial charge is 0.220 e. The molecule has 0 spiro atoms. The molecule has 1 rings (SSSR count). The molecule has 1 aromatic carbocycles. The lowest BCUT2D eigenvalue weighted by Crippen LogP contribution is -2.25. The third-order valence-electron chi connectivity index (χ3n) is 3.18. The number of nitrogens with one attached hydrogen (secondary N) is 1. The topological polar surface area (TPSA) is 47.6 Å². The minimum Gasteiger partial charge on any atom is -0.496 e. The predicted molar refractivity (Wildman–Crippen MR) is 80.3 cm³/mol. The first-order valence-electron chi connectivity index (χ1n) is 7.05. The van der Waals surface area contributed by atoms with Gasteiger partial charge in [0, 0.05) is 18.5 Å². The van der Waals surface area contributed by atoms with Gasteiger partial charge in [-0.15, -0.1) is 0 Å². The molecule has 112 valence electrons. The van der Waals surface area contributed by atoms with Crippen LogP contribution in [0.2, 0.25) is 0 Å². The van der Waals surface area contributed by atoms with E-state index in [4.69, 9.17) is 9.47 Å². The number of benzene rings is 1. The Morgan fingerprint density at radius 1 is 1.20 bits per heavy atom. The van der Waals surface area contributed by atoms with Crippen LogP contribution in [-0.4, -0.2) is 26.7 Å². The average Bonchev–Trinajstić information content (AvgIpc) is 2.44. The van der Waals surface area contributed by atoms with E-state index < -0.39 is 0 Å². The van der Waals surface area contributed by atoms with Crippen LogP contribution in [0.15, 0.2) is 18.2 Å². The summed E-state index contributed by atoms with van der Waals surface area (Å²) in [6.45, 7) is 5.03. The van der Waals surface area contributed by atoms with Crippen molar-refractivity contribution in [3.63, 3.8) is 0 Å². The van der Waals surface area contributed by atoms with E-state index in [1.54, 1.807) is 14.2 Å². The maximum absolute atomic E-state index is 11.8. The molecule has 4 nitrogen and oxygen atoms in total. The molecular formula is C16H25NO3. The lowest BCUT2D eigenvalue weighted by Gasteiger charge is -2.13. The normalized spacial score (nSPS) is 10.4. The lowest BCUT2D eigenvalue weighted by molar-refractivity contribution is -0.121. The average molecular weight is 279 g/mol. The molecule has 0 saturated heterocycles. The summed E-state index contributed by atoms with van der Waals surface area (Å²) in [7, 11) is 3.25. The SMILES string of the molecule is COc1cccc(OC)c1CCC(=O)NCCC(C)C. The molecule has 0 heterocycles. The summed E-state index contributed by atoms with van der Waals surface area (Å²) < 4.78 is 10.6. The number of hydrogen-bond donors (Lipinski definition) is 1. The molecule has 20 heavy (non-hydrogen) atoms. The minimum atomic E-state index is 0.0682. The van der Waals surface area contributed by atoms with Crippen LogP contribution >= 0.6 is 0 Å². The molecule has 0 bridgehead atoms. The summed E-state index contributed by atoms with van der Waals surface area (Å²) in [6, 6.07) is 5.65. The number of ether oxygens (including phenoxy) is 2. The van der Waals surface area contributed by atoms with Gasteiger partial charge in [-0.1, -0.05) is 19.9 Å². The van der Waals surface area contributed by atoms with E-state index in [0.29, 0.717) is 18.8 Å². The van der Waals surface area contributed by atoms with Crippen LogP contribution in [0, 0.1) is 5.92 Å². The summed E-state index contributed by atoms with van der Waals surface area (Å²) >= 11 is 0. The van der Waals surface area contributed by atoms with Gasteiger partial charge in [-0.05, 0) is 30.9 Å². The van der Waals surface area contributed by atoms with Crippen molar-refractivity contribution in [2.45, 2.75) is 33.1 Å². The fourth-order valence-electron chi connectivity index (χ4n) is 2.00. The molecule has 0 unspecified atom stereocenters. The van der Waals surface area contributed by atoms with Gasteiger partial charge >= 0.3 is 0 Å². The van der Waals surface area contributed by atoms with E-state index in [0.717, 1.165) is 30.0 Å². The molecule has 0 aliphatic rings. The van der Waals surface area contributed by atoms with Gasteiger partial charge in [-0.3, -0.25) is 4.79 Å². The number of rotatable bonds is 8. The summed E-state index contributed by atoms with van der Waals surface area (Å²) in [6.07, 6.45) is 2.05. The zero-order valence-electron chi connectivity index (χ0n) is 12.9. The fourth-order valence-corrected chi connectivity index (χ4v) is 2.00. The molecular weight excluding hydrogens is 254 g/mol. The number of hydrogen-bond acceptors (Lipinski definition) is 3. The van der Waals surface area contributed by atoms with E-state index in [1.165, 1.54) is 0 Å². The van der Waals surface area contributed by atoms with Crippen LogP contribution in [0.3, 0.4) is 0 Å². The van der Waals surface area contributed by atoms with E-state index in [9.17, 15) is 4.79 Å². The summed E-state index contributed by atoms with van der Waals surface area (Å²) in [5, 5.41) is 2.94. The van der Waals surface area contributed by atoms with E-state index >= 15 is 0 Å². The lowest BCUT2D eigenvalue weighted by atomic mass is 10.1. The molecule has 1 amide bonds. The highest BCUT2D eigenvalue weighted by Crippen LogP contribution is 2.29. The maximum Gasteiger partial charge on any atom is 0.220 e. The number of carbonyl (C=O) groups is 1. The van der Waals surface area contributed by atoms with Crippen LogP contribution in [0.4, 0.5) is 0 Å². The van der Waals surface area contributed by atoms with E-state index in [2.05, 4.69) is 19.2 Å². The second-order valence-corrected chi connectivity index (χ2v) is 5.17. The highest BCUT2D eigenvalue weighted by atomic mass is 16.5. The van der Waals surface area contributed by atoms with Crippen LogP contribution < -0.4 is 14.8 Å². The maximum atomic E-state index is 11.8. The third-order valence-corrected chi connectivity index (χ3v) is 3.18. The first-order valence-corrected chi connectivity index (χ1v) is 7.05. The van der Waals surface area contributed by atoms with Crippen molar-refractivity contribution < 1.29 is 14.3 Å². The molecule has 1 aromatic rings. The number of carbonyl (C=O) groups excluding carboxylic acids is 1. The summed E-state index contributed by atoms with van der Waals surface area (Å²) in [5.74, 6) is 2.20. The molecule has 4 heteroatoms. The van der Waals surface area contributed by atoms with Crippen molar-refractivity contribution >= 4 is 5.91 Å². The van der Waals surface area contributed by atoms with Crippen molar-refractivity contribution in [1.82, 2.24) is 5.32 Å². The molecule has 1 N–H and O–H groups in total. The molecule has 0 aromatic heterocycles. The molecule has 0 saturated carbocycles. The Morgan fingerprint density at radius 2 is 1.80 bits per heavy atom. The van der Waals surface area contributed by atoms with Crippen LogP contribution in [-0.2, 0) is 11.2 Å². The van der Waals surface area contributed by atoms with Gasteiger partial charge in [0.1, 0.15) is 11.5 Å². The Balaban J connectivity index is 2.54. The zero-order valence-corrected chi connectivity index (χ0v) is 12.9. The highest BCUT2D eigenvalue weighted by molar-refractivity contribution is 5.76. The molecule has 0 radical (unpaired) electrons. The Kier molecular flexibility index (Phi) is 6.91. The van der Waals surface area contributed by atoms with Crippen molar-refractivity contribution in [2.24, 2.45) is 5.92 Å². The van der Waals surface area contributed by atoms with Crippen LogP contribution in [0.25, 0.3) is 0 Å². The molecule has 0 aliphatic heterocycles. The van der Waals surface area contributed by atoms with Crippen molar-refractivity contribution in [2.75, 3.05) is 20.8 Å². The van der Waals surface area contributed by atoms with Crippen molar-refractivity contribution in [1.29, 1.82) is 0 Å².